The molecule has 0 amide bonds. The van der Waals surface area contributed by atoms with Crippen LogP contribution in [0.5, 0.6) is 0 Å². The molecule has 0 saturated heterocycles. The van der Waals surface area contributed by atoms with Gasteiger partial charge in [0.2, 0.25) is 0 Å². The summed E-state index contributed by atoms with van der Waals surface area (Å²) in [5, 5.41) is 3.36. The summed E-state index contributed by atoms with van der Waals surface area (Å²) in [6, 6.07) is 4.34. The quantitative estimate of drug-likeness (QED) is 0.782. The number of allylic oxidation sites excluding steroid dienone is 3. The van der Waals surface area contributed by atoms with Gasteiger partial charge in [0.1, 0.15) is 5.82 Å². The third-order valence-corrected chi connectivity index (χ3v) is 5.26. The molecule has 1 aromatic carbocycles. The first-order valence-corrected chi connectivity index (χ1v) is 8.80. The van der Waals surface area contributed by atoms with Crippen LogP contribution in [-0.4, -0.2) is 18.9 Å². The van der Waals surface area contributed by atoms with Crippen LogP contribution < -0.4 is 5.32 Å². The number of nitrogens with one attached hydrogen (secondary N) is 1. The van der Waals surface area contributed by atoms with E-state index in [1.54, 1.807) is 13.0 Å². The lowest BCUT2D eigenvalue weighted by Gasteiger charge is -2.39. The number of carbonyl (C=O) groups excluding carboxylic acids is 2. The topological polar surface area (TPSA) is 55.4 Å². The van der Waals surface area contributed by atoms with Crippen LogP contribution in [0.4, 0.5) is 4.39 Å². The van der Waals surface area contributed by atoms with E-state index in [0.29, 0.717) is 24.1 Å². The van der Waals surface area contributed by atoms with Crippen LogP contribution in [0.25, 0.3) is 0 Å². The zero-order valence-electron chi connectivity index (χ0n) is 15.2. The Morgan fingerprint density at radius 1 is 1.35 bits per heavy atom. The van der Waals surface area contributed by atoms with Crippen LogP contribution in [0.1, 0.15) is 45.1 Å². The minimum atomic E-state index is -0.879. The molecule has 0 bridgehead atoms. The Bertz CT molecular complexity index is 850. The summed E-state index contributed by atoms with van der Waals surface area (Å²) in [6.45, 7) is 5.75. The Balaban J connectivity index is 2.29. The van der Waals surface area contributed by atoms with Crippen molar-refractivity contribution < 1.29 is 18.7 Å². The van der Waals surface area contributed by atoms with Crippen LogP contribution in [0.3, 0.4) is 0 Å². The van der Waals surface area contributed by atoms with Crippen LogP contribution in [-0.2, 0) is 14.3 Å². The molecular formula is C20H21ClFNO3. The molecule has 0 fully saturated rings. The molecule has 0 spiro atoms. The van der Waals surface area contributed by atoms with Gasteiger partial charge in [0.05, 0.1) is 18.6 Å². The molecule has 1 aliphatic heterocycles. The van der Waals surface area contributed by atoms with Crippen molar-refractivity contribution in [1.82, 2.24) is 5.32 Å². The molecule has 0 radical (unpaired) electrons. The number of methoxy groups -OCH3 is 1. The van der Waals surface area contributed by atoms with Gasteiger partial charge in [-0.15, -0.1) is 0 Å². The first kappa shape index (κ1) is 18.6. The molecule has 0 unspecified atom stereocenters. The maximum absolute atomic E-state index is 14.7. The number of ketones is 1. The number of rotatable bonds is 2. The van der Waals surface area contributed by atoms with E-state index in [1.165, 1.54) is 19.2 Å². The monoisotopic (exact) mass is 377 g/mol. The number of halogens is 2. The van der Waals surface area contributed by atoms with Gasteiger partial charge in [-0.25, -0.2) is 9.18 Å². The van der Waals surface area contributed by atoms with E-state index in [2.05, 4.69) is 5.32 Å². The van der Waals surface area contributed by atoms with E-state index in [9.17, 15) is 14.0 Å². The highest BCUT2D eigenvalue weighted by Gasteiger charge is 2.44. The molecule has 6 heteroatoms. The zero-order valence-corrected chi connectivity index (χ0v) is 16.0. The molecule has 1 atom stereocenters. The van der Waals surface area contributed by atoms with Crippen LogP contribution in [0.15, 0.2) is 40.7 Å². The summed E-state index contributed by atoms with van der Waals surface area (Å²) in [6.07, 6.45) is 0.950. The van der Waals surface area contributed by atoms with Gasteiger partial charge in [0.15, 0.2) is 5.78 Å². The Kier molecular flexibility index (Phi) is 4.69. The fourth-order valence-corrected chi connectivity index (χ4v) is 4.16. The van der Waals surface area contributed by atoms with E-state index in [4.69, 9.17) is 16.3 Å². The van der Waals surface area contributed by atoms with Crippen molar-refractivity contribution in [2.75, 3.05) is 7.11 Å². The van der Waals surface area contributed by atoms with Crippen LogP contribution >= 0.6 is 11.6 Å². The Morgan fingerprint density at radius 3 is 2.65 bits per heavy atom. The molecule has 1 aliphatic carbocycles. The molecular weight excluding hydrogens is 357 g/mol. The van der Waals surface area contributed by atoms with Crippen molar-refractivity contribution in [3.63, 3.8) is 0 Å². The number of Topliss-reactive ketones (excluding diaryl/α,β-unsaturated/α-hetero) is 1. The van der Waals surface area contributed by atoms with Gasteiger partial charge < -0.3 is 10.1 Å². The van der Waals surface area contributed by atoms with Crippen LogP contribution in [0.2, 0.25) is 5.02 Å². The number of ether oxygens (including phenoxy) is 1. The maximum Gasteiger partial charge on any atom is 0.336 e. The standard InChI is InChI=1S/C20H21ClFNO3/c1-10-15(19(25)26-4)18(16-11(21)6-5-7-12(16)22)17-13(23-10)8-20(2,3)9-14(17)24/h5-7,18,23H,8-9H2,1-4H3/t18-/m0/s1. The molecule has 0 saturated carbocycles. The predicted molar refractivity (Wildman–Crippen MR) is 97.1 cm³/mol. The lowest BCUT2D eigenvalue weighted by atomic mass is 9.68. The minimum Gasteiger partial charge on any atom is -0.466 e. The van der Waals surface area contributed by atoms with Gasteiger partial charge in [-0.3, -0.25) is 4.79 Å². The SMILES string of the molecule is COC(=O)C1=C(C)NC2=C(C(=O)CC(C)(C)C2)[C@@H]1c1c(F)cccc1Cl. The first-order valence-electron chi connectivity index (χ1n) is 8.42. The average molecular weight is 378 g/mol. The van der Waals surface area contributed by atoms with Gasteiger partial charge in [0.25, 0.3) is 0 Å². The maximum atomic E-state index is 14.7. The second-order valence-corrected chi connectivity index (χ2v) is 7.96. The normalized spacial score (nSPS) is 22.1. The van der Waals surface area contributed by atoms with Crippen molar-refractivity contribution in [3.05, 3.63) is 57.1 Å². The van der Waals surface area contributed by atoms with Crippen molar-refractivity contribution in [2.24, 2.45) is 5.41 Å². The lowest BCUT2D eigenvalue weighted by Crippen LogP contribution is -2.38. The number of dihydropyridines is 1. The number of carbonyl (C=O) groups is 2. The molecule has 4 nitrogen and oxygen atoms in total. The van der Waals surface area contributed by atoms with E-state index in [0.717, 1.165) is 5.70 Å². The minimum absolute atomic E-state index is 0.109. The number of esters is 1. The average Bonchev–Trinajstić information content (AvgIpc) is 2.52. The van der Waals surface area contributed by atoms with E-state index >= 15 is 0 Å². The zero-order chi connectivity index (χ0) is 19.2. The Hall–Kier alpha value is -2.14. The number of hydrogen-bond acceptors (Lipinski definition) is 4. The molecule has 3 rings (SSSR count). The van der Waals surface area contributed by atoms with Gasteiger partial charge in [0, 0.05) is 34.0 Å². The second kappa shape index (κ2) is 6.54. The third-order valence-electron chi connectivity index (χ3n) is 4.93. The molecule has 1 aromatic rings. The summed E-state index contributed by atoms with van der Waals surface area (Å²) in [4.78, 5) is 25.4. The number of hydrogen-bond donors (Lipinski definition) is 1. The van der Waals surface area contributed by atoms with Crippen molar-refractivity contribution >= 4 is 23.4 Å². The molecule has 1 heterocycles. The largest absolute Gasteiger partial charge is 0.466 e. The molecule has 2 aliphatic rings. The lowest BCUT2D eigenvalue weighted by molar-refractivity contribution is -0.136. The predicted octanol–water partition coefficient (Wildman–Crippen LogP) is 4.26. The summed E-state index contributed by atoms with van der Waals surface area (Å²) in [5.74, 6) is -2.15. The van der Waals surface area contributed by atoms with Gasteiger partial charge >= 0.3 is 5.97 Å². The smallest absolute Gasteiger partial charge is 0.336 e. The Morgan fingerprint density at radius 2 is 2.04 bits per heavy atom. The second-order valence-electron chi connectivity index (χ2n) is 7.56. The summed E-state index contributed by atoms with van der Waals surface area (Å²) < 4.78 is 19.6. The van der Waals surface area contributed by atoms with E-state index in [-0.39, 0.29) is 27.4 Å². The highest BCUT2D eigenvalue weighted by molar-refractivity contribution is 6.31. The molecule has 1 N–H and O–H groups in total. The molecule has 0 aromatic heterocycles. The van der Waals surface area contributed by atoms with Crippen molar-refractivity contribution in [1.29, 1.82) is 0 Å². The highest BCUT2D eigenvalue weighted by atomic mass is 35.5. The van der Waals surface area contributed by atoms with Gasteiger partial charge in [-0.2, -0.15) is 0 Å². The van der Waals surface area contributed by atoms with E-state index in [1.807, 2.05) is 13.8 Å². The fourth-order valence-electron chi connectivity index (χ4n) is 3.89. The molecule has 138 valence electrons. The highest BCUT2D eigenvalue weighted by Crippen LogP contribution is 2.48. The third kappa shape index (κ3) is 3.05. The Labute approximate surface area is 157 Å². The van der Waals surface area contributed by atoms with Crippen molar-refractivity contribution in [3.8, 4) is 0 Å². The van der Waals surface area contributed by atoms with Crippen molar-refractivity contribution in [2.45, 2.75) is 39.5 Å². The van der Waals surface area contributed by atoms with Gasteiger partial charge in [-0.1, -0.05) is 31.5 Å². The van der Waals surface area contributed by atoms with Gasteiger partial charge in [-0.05, 0) is 30.9 Å². The summed E-state index contributed by atoms with van der Waals surface area (Å²) in [5.41, 5.74) is 1.81. The first-order chi connectivity index (χ1) is 12.2. The van der Waals surface area contributed by atoms with Crippen LogP contribution in [0, 0.1) is 11.2 Å². The van der Waals surface area contributed by atoms with E-state index < -0.39 is 17.7 Å². The fraction of sp³-hybridized carbons (Fsp3) is 0.400. The summed E-state index contributed by atoms with van der Waals surface area (Å²) in [7, 11) is 1.26. The summed E-state index contributed by atoms with van der Waals surface area (Å²) >= 11 is 6.29. The molecule has 26 heavy (non-hydrogen) atoms. The number of benzene rings is 1.